The van der Waals surface area contributed by atoms with E-state index in [1.54, 1.807) is 0 Å². The van der Waals surface area contributed by atoms with Gasteiger partial charge in [0.05, 0.1) is 5.69 Å². The molecule has 1 fully saturated rings. The zero-order valence-corrected chi connectivity index (χ0v) is 8.82. The van der Waals surface area contributed by atoms with Gasteiger partial charge in [-0.15, -0.1) is 0 Å². The summed E-state index contributed by atoms with van der Waals surface area (Å²) in [5, 5.41) is 4.34. The van der Waals surface area contributed by atoms with Crippen molar-refractivity contribution >= 4 is 0 Å². The van der Waals surface area contributed by atoms with Gasteiger partial charge in [0.25, 0.3) is 0 Å². The SMILES string of the molecule is Cn1ccc(CCCC(N)C2CC2)n1. The number of nitrogens with two attached hydrogens (primary N) is 1. The molecule has 1 saturated carbocycles. The van der Waals surface area contributed by atoms with Gasteiger partial charge < -0.3 is 5.73 Å². The Labute approximate surface area is 85.3 Å². The molecule has 0 spiro atoms. The molecule has 1 aliphatic rings. The summed E-state index contributed by atoms with van der Waals surface area (Å²) >= 11 is 0. The Bertz CT molecular complexity index is 288. The molecule has 1 unspecified atom stereocenters. The second kappa shape index (κ2) is 4.13. The summed E-state index contributed by atoms with van der Waals surface area (Å²) in [6.45, 7) is 0. The Morgan fingerprint density at radius 3 is 3.00 bits per heavy atom. The maximum absolute atomic E-state index is 6.02. The van der Waals surface area contributed by atoms with Crippen LogP contribution >= 0.6 is 0 Å². The van der Waals surface area contributed by atoms with Crippen LogP contribution < -0.4 is 5.73 Å². The zero-order chi connectivity index (χ0) is 9.97. The van der Waals surface area contributed by atoms with Gasteiger partial charge >= 0.3 is 0 Å². The predicted molar refractivity (Wildman–Crippen MR) is 56.8 cm³/mol. The van der Waals surface area contributed by atoms with Crippen molar-refractivity contribution in [3.05, 3.63) is 18.0 Å². The highest BCUT2D eigenvalue weighted by Gasteiger charge is 2.27. The topological polar surface area (TPSA) is 43.8 Å². The molecule has 0 bridgehead atoms. The fraction of sp³-hybridized carbons (Fsp3) is 0.727. The normalized spacial score (nSPS) is 18.4. The molecule has 78 valence electrons. The minimum atomic E-state index is 0.443. The third-order valence-corrected chi connectivity index (χ3v) is 2.97. The van der Waals surface area contributed by atoms with Crippen LogP contribution in [-0.4, -0.2) is 15.8 Å². The van der Waals surface area contributed by atoms with Crippen LogP contribution in [0, 0.1) is 5.92 Å². The van der Waals surface area contributed by atoms with Gasteiger partial charge in [-0.25, -0.2) is 0 Å². The van der Waals surface area contributed by atoms with Crippen molar-refractivity contribution in [2.24, 2.45) is 18.7 Å². The van der Waals surface area contributed by atoms with Crippen LogP contribution in [-0.2, 0) is 13.5 Å². The molecule has 1 aliphatic carbocycles. The molecule has 0 radical (unpaired) electrons. The molecule has 2 rings (SSSR count). The van der Waals surface area contributed by atoms with Gasteiger partial charge in [-0.3, -0.25) is 4.68 Å². The predicted octanol–water partition coefficient (Wildman–Crippen LogP) is 1.48. The van der Waals surface area contributed by atoms with Crippen LogP contribution in [0.5, 0.6) is 0 Å². The van der Waals surface area contributed by atoms with Gasteiger partial charge in [-0.2, -0.15) is 5.10 Å². The molecule has 0 aliphatic heterocycles. The highest BCUT2D eigenvalue weighted by atomic mass is 15.2. The molecule has 1 aromatic rings. The third-order valence-electron chi connectivity index (χ3n) is 2.97. The fourth-order valence-electron chi connectivity index (χ4n) is 1.88. The minimum Gasteiger partial charge on any atom is -0.327 e. The zero-order valence-electron chi connectivity index (χ0n) is 8.82. The lowest BCUT2D eigenvalue weighted by Crippen LogP contribution is -2.22. The second-order valence-corrected chi connectivity index (χ2v) is 4.37. The molecular weight excluding hydrogens is 174 g/mol. The van der Waals surface area contributed by atoms with E-state index in [1.807, 2.05) is 17.9 Å². The first-order valence-corrected chi connectivity index (χ1v) is 5.50. The van der Waals surface area contributed by atoms with E-state index in [9.17, 15) is 0 Å². The van der Waals surface area contributed by atoms with Gasteiger partial charge in [0, 0.05) is 19.3 Å². The average Bonchev–Trinajstić information content (AvgIpc) is 2.92. The molecule has 1 aromatic heterocycles. The molecule has 2 N–H and O–H groups in total. The van der Waals surface area contributed by atoms with Gasteiger partial charge in [0.1, 0.15) is 0 Å². The highest BCUT2D eigenvalue weighted by molar-refractivity contribution is 4.98. The first kappa shape index (κ1) is 9.71. The van der Waals surface area contributed by atoms with Crippen molar-refractivity contribution in [2.45, 2.75) is 38.1 Å². The number of hydrogen-bond donors (Lipinski definition) is 1. The smallest absolute Gasteiger partial charge is 0.0624 e. The molecule has 0 aromatic carbocycles. The molecule has 0 saturated heterocycles. The van der Waals surface area contributed by atoms with E-state index in [1.165, 1.54) is 25.0 Å². The lowest BCUT2D eigenvalue weighted by atomic mass is 10.1. The first-order chi connectivity index (χ1) is 6.75. The maximum Gasteiger partial charge on any atom is 0.0624 e. The molecule has 1 heterocycles. The summed E-state index contributed by atoms with van der Waals surface area (Å²) in [6.07, 6.45) is 8.10. The Morgan fingerprint density at radius 1 is 1.64 bits per heavy atom. The number of aryl methyl sites for hydroxylation is 2. The van der Waals surface area contributed by atoms with E-state index in [2.05, 4.69) is 11.2 Å². The van der Waals surface area contributed by atoms with Crippen LogP contribution in [0.2, 0.25) is 0 Å². The van der Waals surface area contributed by atoms with E-state index >= 15 is 0 Å². The highest BCUT2D eigenvalue weighted by Crippen LogP contribution is 2.33. The molecule has 3 heteroatoms. The van der Waals surface area contributed by atoms with Crippen molar-refractivity contribution in [3.8, 4) is 0 Å². The van der Waals surface area contributed by atoms with Crippen molar-refractivity contribution in [1.29, 1.82) is 0 Å². The van der Waals surface area contributed by atoms with Gasteiger partial charge in [0.2, 0.25) is 0 Å². The monoisotopic (exact) mass is 193 g/mol. The molecule has 3 nitrogen and oxygen atoms in total. The third kappa shape index (κ3) is 2.58. The van der Waals surface area contributed by atoms with E-state index in [0.29, 0.717) is 6.04 Å². The lowest BCUT2D eigenvalue weighted by Gasteiger charge is -2.08. The largest absolute Gasteiger partial charge is 0.327 e. The fourth-order valence-corrected chi connectivity index (χ4v) is 1.88. The number of nitrogens with zero attached hydrogens (tertiary/aromatic N) is 2. The van der Waals surface area contributed by atoms with Gasteiger partial charge in [-0.05, 0) is 44.1 Å². The maximum atomic E-state index is 6.02. The average molecular weight is 193 g/mol. The summed E-state index contributed by atoms with van der Waals surface area (Å²) in [4.78, 5) is 0. The van der Waals surface area contributed by atoms with Crippen molar-refractivity contribution < 1.29 is 0 Å². The van der Waals surface area contributed by atoms with Crippen LogP contribution in [0.25, 0.3) is 0 Å². The molecule has 0 amide bonds. The van der Waals surface area contributed by atoms with Crippen molar-refractivity contribution in [3.63, 3.8) is 0 Å². The summed E-state index contributed by atoms with van der Waals surface area (Å²) in [5.41, 5.74) is 7.21. The Morgan fingerprint density at radius 2 is 2.43 bits per heavy atom. The number of hydrogen-bond acceptors (Lipinski definition) is 2. The Balaban J connectivity index is 1.67. The van der Waals surface area contributed by atoms with E-state index in [-0.39, 0.29) is 0 Å². The molecule has 14 heavy (non-hydrogen) atoms. The Kier molecular flexibility index (Phi) is 2.87. The van der Waals surface area contributed by atoms with Crippen molar-refractivity contribution in [1.82, 2.24) is 9.78 Å². The van der Waals surface area contributed by atoms with Crippen molar-refractivity contribution in [2.75, 3.05) is 0 Å². The standard InChI is InChI=1S/C11H19N3/c1-14-8-7-10(13-14)3-2-4-11(12)9-5-6-9/h7-9,11H,2-6,12H2,1H3. The van der Waals surface area contributed by atoms with Gasteiger partial charge in [0.15, 0.2) is 0 Å². The van der Waals surface area contributed by atoms with E-state index in [4.69, 9.17) is 5.73 Å². The summed E-state index contributed by atoms with van der Waals surface area (Å²) in [5.74, 6) is 0.832. The van der Waals surface area contributed by atoms with Crippen LogP contribution in [0.15, 0.2) is 12.3 Å². The molecule has 1 atom stereocenters. The van der Waals surface area contributed by atoms with E-state index in [0.717, 1.165) is 18.8 Å². The lowest BCUT2D eigenvalue weighted by molar-refractivity contribution is 0.525. The van der Waals surface area contributed by atoms with Crippen LogP contribution in [0.4, 0.5) is 0 Å². The molecular formula is C11H19N3. The summed E-state index contributed by atoms with van der Waals surface area (Å²) in [7, 11) is 1.96. The van der Waals surface area contributed by atoms with Gasteiger partial charge in [-0.1, -0.05) is 0 Å². The van der Waals surface area contributed by atoms with Crippen LogP contribution in [0.3, 0.4) is 0 Å². The first-order valence-electron chi connectivity index (χ1n) is 5.50. The van der Waals surface area contributed by atoms with Crippen LogP contribution in [0.1, 0.15) is 31.4 Å². The summed E-state index contributed by atoms with van der Waals surface area (Å²) < 4.78 is 1.86. The summed E-state index contributed by atoms with van der Waals surface area (Å²) in [6, 6.07) is 2.53. The Hall–Kier alpha value is -0.830. The minimum absolute atomic E-state index is 0.443. The quantitative estimate of drug-likeness (QED) is 0.769. The second-order valence-electron chi connectivity index (χ2n) is 4.37. The number of aromatic nitrogens is 2. The van der Waals surface area contributed by atoms with E-state index < -0.39 is 0 Å². The number of rotatable bonds is 5.